The fourth-order valence-electron chi connectivity index (χ4n) is 4.83. The molecule has 38 heavy (non-hydrogen) atoms. The maximum atomic E-state index is 12.5. The van der Waals surface area contributed by atoms with Crippen LogP contribution in [0.1, 0.15) is 69.8 Å². The van der Waals surface area contributed by atoms with Crippen molar-refractivity contribution in [1.82, 2.24) is 20.4 Å². The van der Waals surface area contributed by atoms with Crippen LogP contribution >= 0.6 is 22.7 Å². The monoisotopic (exact) mass is 546 g/mol. The zero-order chi connectivity index (χ0) is 26.5. The SMILES string of the molecule is Cc1ccccc1CC(=O)Nc1nnc([C@H]2CCC[C@H](c3nnc(NC(=O)Cc4ccccc4C)s3)C2)s1. The van der Waals surface area contributed by atoms with Gasteiger partial charge in [-0.1, -0.05) is 77.6 Å². The van der Waals surface area contributed by atoms with Crippen LogP contribution < -0.4 is 10.6 Å². The van der Waals surface area contributed by atoms with Crippen LogP contribution in [-0.2, 0) is 22.4 Å². The van der Waals surface area contributed by atoms with Gasteiger partial charge in [0.1, 0.15) is 10.0 Å². The second-order valence-corrected chi connectivity index (χ2v) is 11.8. The fraction of sp³-hybridized carbons (Fsp3) is 0.357. The first kappa shape index (κ1) is 26.1. The molecular weight excluding hydrogens is 516 g/mol. The first-order valence-electron chi connectivity index (χ1n) is 12.8. The molecule has 0 spiro atoms. The third-order valence-electron chi connectivity index (χ3n) is 6.97. The molecule has 1 aliphatic rings. The van der Waals surface area contributed by atoms with Gasteiger partial charge in [-0.05, 0) is 55.4 Å². The maximum absolute atomic E-state index is 12.5. The second kappa shape index (κ2) is 11.9. The topological polar surface area (TPSA) is 110 Å². The van der Waals surface area contributed by atoms with Gasteiger partial charge in [0, 0.05) is 11.8 Å². The zero-order valence-electron chi connectivity index (χ0n) is 21.4. The van der Waals surface area contributed by atoms with Crippen molar-refractivity contribution in [3.63, 3.8) is 0 Å². The summed E-state index contributed by atoms with van der Waals surface area (Å²) >= 11 is 2.90. The first-order chi connectivity index (χ1) is 18.4. The number of amides is 2. The van der Waals surface area contributed by atoms with E-state index in [4.69, 9.17) is 0 Å². The molecule has 0 radical (unpaired) electrons. The summed E-state index contributed by atoms with van der Waals surface area (Å²) in [4.78, 5) is 25.1. The van der Waals surface area contributed by atoms with Gasteiger partial charge >= 0.3 is 0 Å². The average molecular weight is 547 g/mol. The summed E-state index contributed by atoms with van der Waals surface area (Å²) < 4.78 is 0. The summed E-state index contributed by atoms with van der Waals surface area (Å²) in [7, 11) is 0. The number of nitrogens with zero attached hydrogens (tertiary/aromatic N) is 4. The van der Waals surface area contributed by atoms with Crippen molar-refractivity contribution in [3.05, 3.63) is 80.8 Å². The van der Waals surface area contributed by atoms with Gasteiger partial charge in [0.05, 0.1) is 12.8 Å². The normalized spacial score (nSPS) is 17.2. The van der Waals surface area contributed by atoms with Crippen molar-refractivity contribution in [2.24, 2.45) is 0 Å². The van der Waals surface area contributed by atoms with Crippen LogP contribution in [0, 0.1) is 13.8 Å². The molecule has 2 amide bonds. The Morgan fingerprint density at radius 3 is 1.63 bits per heavy atom. The standard InChI is InChI=1S/C28H30N6O2S2/c1-17-8-3-5-10-19(17)15-23(35)29-27-33-31-25(37-27)21-12-7-13-22(14-21)26-32-34-28(38-26)30-24(36)16-20-11-6-4-9-18(20)2/h3-6,8-11,21-22H,7,12-16H2,1-2H3,(H,29,33,35)(H,30,34,36)/t21-,22-/m0/s1. The minimum absolute atomic E-state index is 0.0885. The Hall–Kier alpha value is -3.50. The molecule has 0 unspecified atom stereocenters. The third kappa shape index (κ3) is 6.49. The zero-order valence-corrected chi connectivity index (χ0v) is 23.1. The van der Waals surface area contributed by atoms with Crippen molar-refractivity contribution in [2.75, 3.05) is 10.6 Å². The van der Waals surface area contributed by atoms with E-state index >= 15 is 0 Å². The van der Waals surface area contributed by atoms with Gasteiger partial charge in [-0.2, -0.15) is 0 Å². The number of carbonyl (C=O) groups is 2. The molecule has 0 aliphatic heterocycles. The maximum Gasteiger partial charge on any atom is 0.230 e. The molecule has 2 aromatic heterocycles. The summed E-state index contributed by atoms with van der Waals surface area (Å²) in [5.41, 5.74) is 4.21. The predicted molar refractivity (Wildman–Crippen MR) is 151 cm³/mol. The molecule has 5 rings (SSSR count). The lowest BCUT2D eigenvalue weighted by Gasteiger charge is -2.25. The van der Waals surface area contributed by atoms with Crippen LogP contribution in [0.3, 0.4) is 0 Å². The Bertz CT molecular complexity index is 1330. The van der Waals surface area contributed by atoms with Crippen LogP contribution in [0.5, 0.6) is 0 Å². The van der Waals surface area contributed by atoms with Crippen molar-refractivity contribution in [1.29, 1.82) is 0 Å². The molecule has 1 saturated carbocycles. The van der Waals surface area contributed by atoms with E-state index in [1.165, 1.54) is 22.7 Å². The van der Waals surface area contributed by atoms with Crippen molar-refractivity contribution in [2.45, 2.75) is 64.2 Å². The van der Waals surface area contributed by atoms with Gasteiger partial charge < -0.3 is 10.6 Å². The first-order valence-corrected chi connectivity index (χ1v) is 14.4. The second-order valence-electron chi connectivity index (χ2n) is 9.75. The molecule has 196 valence electrons. The fourth-order valence-corrected chi connectivity index (χ4v) is 6.64. The summed E-state index contributed by atoms with van der Waals surface area (Å²) in [5, 5.41) is 26.0. The van der Waals surface area contributed by atoms with E-state index < -0.39 is 0 Å². The Balaban J connectivity index is 1.16. The third-order valence-corrected chi connectivity index (χ3v) is 8.97. The number of benzene rings is 2. The summed E-state index contributed by atoms with van der Waals surface area (Å²) in [6.45, 7) is 4.01. The Morgan fingerprint density at radius 2 is 1.18 bits per heavy atom. The summed E-state index contributed by atoms with van der Waals surface area (Å²) in [6, 6.07) is 15.8. The molecule has 1 fully saturated rings. The van der Waals surface area contributed by atoms with Gasteiger partial charge in [-0.3, -0.25) is 9.59 Å². The molecular formula is C28H30N6O2S2. The van der Waals surface area contributed by atoms with Crippen molar-refractivity contribution < 1.29 is 9.59 Å². The van der Waals surface area contributed by atoms with E-state index in [-0.39, 0.29) is 23.7 Å². The van der Waals surface area contributed by atoms with Crippen molar-refractivity contribution >= 4 is 44.8 Å². The Labute approximate surface area is 229 Å². The highest BCUT2D eigenvalue weighted by Crippen LogP contribution is 2.43. The number of nitrogens with one attached hydrogen (secondary N) is 2. The van der Waals surface area contributed by atoms with Crippen molar-refractivity contribution in [3.8, 4) is 0 Å². The molecule has 8 nitrogen and oxygen atoms in total. The minimum Gasteiger partial charge on any atom is -0.300 e. The highest BCUT2D eigenvalue weighted by Gasteiger charge is 2.29. The lowest BCUT2D eigenvalue weighted by molar-refractivity contribution is -0.116. The van der Waals surface area contributed by atoms with Gasteiger partial charge in [0.2, 0.25) is 22.1 Å². The van der Waals surface area contributed by atoms with Gasteiger partial charge in [-0.15, -0.1) is 20.4 Å². The highest BCUT2D eigenvalue weighted by atomic mass is 32.1. The number of aryl methyl sites for hydroxylation is 2. The molecule has 1 aliphatic carbocycles. The van der Waals surface area contributed by atoms with Crippen LogP contribution in [0.15, 0.2) is 48.5 Å². The highest BCUT2D eigenvalue weighted by molar-refractivity contribution is 7.15. The molecule has 10 heteroatoms. The Kier molecular flexibility index (Phi) is 8.19. The molecule has 4 aromatic rings. The lowest BCUT2D eigenvalue weighted by atomic mass is 9.82. The van der Waals surface area contributed by atoms with Crippen LogP contribution in [-0.4, -0.2) is 32.2 Å². The number of anilines is 2. The molecule has 0 saturated heterocycles. The van der Waals surface area contributed by atoms with Gasteiger partial charge in [0.15, 0.2) is 0 Å². The number of rotatable bonds is 8. The largest absolute Gasteiger partial charge is 0.300 e. The van der Waals surface area contributed by atoms with E-state index in [2.05, 4.69) is 31.0 Å². The molecule has 0 bridgehead atoms. The smallest absolute Gasteiger partial charge is 0.230 e. The van der Waals surface area contributed by atoms with Crippen LogP contribution in [0.25, 0.3) is 0 Å². The number of aromatic nitrogens is 4. The molecule has 2 aromatic carbocycles. The van der Waals surface area contributed by atoms with E-state index in [9.17, 15) is 9.59 Å². The van der Waals surface area contributed by atoms with Crippen LogP contribution in [0.4, 0.5) is 10.3 Å². The average Bonchev–Trinajstić information content (AvgIpc) is 3.57. The summed E-state index contributed by atoms with van der Waals surface area (Å²) in [6.07, 6.45) is 4.64. The minimum atomic E-state index is -0.0885. The quantitative estimate of drug-likeness (QED) is 0.289. The number of carbonyl (C=O) groups excluding carboxylic acids is 2. The van der Waals surface area contributed by atoms with E-state index in [1.54, 1.807) is 0 Å². The summed E-state index contributed by atoms with van der Waals surface area (Å²) in [5.74, 6) is 0.344. The van der Waals surface area contributed by atoms with Crippen LogP contribution in [0.2, 0.25) is 0 Å². The lowest BCUT2D eigenvalue weighted by Crippen LogP contribution is -2.14. The predicted octanol–water partition coefficient (Wildman–Crippen LogP) is 5.81. The molecule has 2 atom stereocenters. The number of hydrogen-bond donors (Lipinski definition) is 2. The number of hydrogen-bond acceptors (Lipinski definition) is 8. The van der Waals surface area contributed by atoms with Gasteiger partial charge in [-0.25, -0.2) is 0 Å². The van der Waals surface area contributed by atoms with E-state index in [0.29, 0.717) is 23.1 Å². The van der Waals surface area contributed by atoms with Gasteiger partial charge in [0.25, 0.3) is 0 Å². The van der Waals surface area contributed by atoms with E-state index in [1.807, 2.05) is 62.4 Å². The van der Waals surface area contributed by atoms with E-state index in [0.717, 1.165) is 58.0 Å². The Morgan fingerprint density at radius 1 is 0.737 bits per heavy atom. The molecule has 2 N–H and O–H groups in total. The molecule has 2 heterocycles.